The van der Waals surface area contributed by atoms with Gasteiger partial charge in [-0.1, -0.05) is 23.4 Å². The van der Waals surface area contributed by atoms with E-state index in [0.717, 1.165) is 47.8 Å². The zero-order chi connectivity index (χ0) is 13.4. The highest BCUT2D eigenvalue weighted by Crippen LogP contribution is 2.34. The van der Waals surface area contributed by atoms with Gasteiger partial charge in [-0.15, -0.1) is 0 Å². The Hall–Kier alpha value is -1.81. The van der Waals surface area contributed by atoms with Gasteiger partial charge >= 0.3 is 0 Å². The zero-order valence-electron chi connectivity index (χ0n) is 11.3. The summed E-state index contributed by atoms with van der Waals surface area (Å²) in [5, 5.41) is 14.1. The Morgan fingerprint density at radius 3 is 2.89 bits per heavy atom. The van der Waals surface area contributed by atoms with Crippen LogP contribution in [0.2, 0.25) is 0 Å². The fourth-order valence-corrected chi connectivity index (χ4v) is 2.69. The molecule has 4 nitrogen and oxygen atoms in total. The molecule has 1 aromatic heterocycles. The van der Waals surface area contributed by atoms with Crippen LogP contribution in [0.15, 0.2) is 28.8 Å². The van der Waals surface area contributed by atoms with Crippen molar-refractivity contribution >= 4 is 5.69 Å². The third-order valence-electron chi connectivity index (χ3n) is 3.84. The molecule has 0 fully saturated rings. The van der Waals surface area contributed by atoms with Gasteiger partial charge in [-0.3, -0.25) is 0 Å². The monoisotopic (exact) mass is 258 g/mol. The molecule has 1 N–H and O–H groups in total. The van der Waals surface area contributed by atoms with Crippen molar-refractivity contribution in [2.45, 2.75) is 32.9 Å². The average Bonchev–Trinajstić information content (AvgIpc) is 2.74. The van der Waals surface area contributed by atoms with Crippen LogP contribution in [0.4, 0.5) is 5.69 Å². The van der Waals surface area contributed by atoms with Crippen LogP contribution in [0.25, 0.3) is 0 Å². The zero-order valence-corrected chi connectivity index (χ0v) is 11.3. The van der Waals surface area contributed by atoms with Crippen molar-refractivity contribution in [2.24, 2.45) is 0 Å². The number of nitrogens with zero attached hydrogens (tertiary/aromatic N) is 2. The molecule has 0 spiro atoms. The number of fused-ring (bicyclic) bond motifs is 1. The lowest BCUT2D eigenvalue weighted by Gasteiger charge is -2.33. The number of anilines is 1. The molecular weight excluding hydrogens is 240 g/mol. The van der Waals surface area contributed by atoms with E-state index in [1.165, 1.54) is 0 Å². The average molecular weight is 258 g/mol. The molecule has 0 amide bonds. The second kappa shape index (κ2) is 4.70. The standard InChI is InChI=1S/C15H18N2O2/c1-10-13(11(2)19-16-10)9-17-8-7-15(18)12-5-3-4-6-14(12)17/h3-6,15,18H,7-9H2,1-2H3. The summed E-state index contributed by atoms with van der Waals surface area (Å²) >= 11 is 0. The molecular formula is C15H18N2O2. The highest BCUT2D eigenvalue weighted by molar-refractivity contribution is 5.57. The minimum absolute atomic E-state index is 0.350. The largest absolute Gasteiger partial charge is 0.388 e. The summed E-state index contributed by atoms with van der Waals surface area (Å²) in [4.78, 5) is 2.29. The summed E-state index contributed by atoms with van der Waals surface area (Å²) in [6.07, 6.45) is 0.414. The Morgan fingerprint density at radius 1 is 1.37 bits per heavy atom. The second-order valence-electron chi connectivity index (χ2n) is 5.09. The highest BCUT2D eigenvalue weighted by Gasteiger charge is 2.24. The number of para-hydroxylation sites is 1. The number of hydrogen-bond donors (Lipinski definition) is 1. The van der Waals surface area contributed by atoms with Crippen molar-refractivity contribution in [1.29, 1.82) is 0 Å². The van der Waals surface area contributed by atoms with Crippen LogP contribution in [-0.2, 0) is 6.54 Å². The normalized spacial score (nSPS) is 18.5. The summed E-state index contributed by atoms with van der Waals surface area (Å²) in [7, 11) is 0. The molecule has 19 heavy (non-hydrogen) atoms. The van der Waals surface area contributed by atoms with Crippen molar-refractivity contribution in [3.05, 3.63) is 46.8 Å². The van der Waals surface area contributed by atoms with Crippen molar-refractivity contribution in [3.8, 4) is 0 Å². The van der Waals surface area contributed by atoms with E-state index < -0.39 is 0 Å². The fourth-order valence-electron chi connectivity index (χ4n) is 2.69. The molecule has 1 aliphatic rings. The van der Waals surface area contributed by atoms with Gasteiger partial charge in [0.05, 0.1) is 11.8 Å². The van der Waals surface area contributed by atoms with Gasteiger partial charge < -0.3 is 14.5 Å². The van der Waals surface area contributed by atoms with Crippen LogP contribution in [0.5, 0.6) is 0 Å². The fraction of sp³-hybridized carbons (Fsp3) is 0.400. The van der Waals surface area contributed by atoms with Gasteiger partial charge in [0.25, 0.3) is 0 Å². The van der Waals surface area contributed by atoms with E-state index >= 15 is 0 Å². The van der Waals surface area contributed by atoms with E-state index in [2.05, 4.69) is 16.1 Å². The molecule has 1 unspecified atom stereocenters. The van der Waals surface area contributed by atoms with Gasteiger partial charge in [-0.2, -0.15) is 0 Å². The molecule has 2 heterocycles. The number of aryl methyl sites for hydroxylation is 2. The summed E-state index contributed by atoms with van der Waals surface area (Å²) < 4.78 is 5.22. The third-order valence-corrected chi connectivity index (χ3v) is 3.84. The first-order valence-corrected chi connectivity index (χ1v) is 6.60. The molecule has 100 valence electrons. The number of hydrogen-bond acceptors (Lipinski definition) is 4. The van der Waals surface area contributed by atoms with Crippen LogP contribution in [0, 0.1) is 13.8 Å². The molecule has 0 aliphatic carbocycles. The number of aliphatic hydroxyl groups is 1. The molecule has 0 saturated carbocycles. The molecule has 1 aromatic carbocycles. The third kappa shape index (κ3) is 2.12. The highest BCUT2D eigenvalue weighted by atomic mass is 16.5. The SMILES string of the molecule is Cc1noc(C)c1CN1CCC(O)c2ccccc21. The number of benzene rings is 1. The molecule has 0 saturated heterocycles. The molecule has 0 bridgehead atoms. The first kappa shape index (κ1) is 12.2. The Balaban J connectivity index is 1.93. The first-order chi connectivity index (χ1) is 9.16. The predicted octanol–water partition coefficient (Wildman–Crippen LogP) is 2.74. The maximum atomic E-state index is 10.1. The summed E-state index contributed by atoms with van der Waals surface area (Å²) in [5.41, 5.74) is 4.22. The van der Waals surface area contributed by atoms with Crippen molar-refractivity contribution in [3.63, 3.8) is 0 Å². The Kier molecular flexibility index (Phi) is 3.03. The molecule has 1 aliphatic heterocycles. The molecule has 0 radical (unpaired) electrons. The van der Waals surface area contributed by atoms with E-state index in [1.807, 2.05) is 32.0 Å². The lowest BCUT2D eigenvalue weighted by molar-refractivity contribution is 0.164. The van der Waals surface area contributed by atoms with Gasteiger partial charge in [0.1, 0.15) is 5.76 Å². The minimum atomic E-state index is -0.350. The van der Waals surface area contributed by atoms with E-state index in [1.54, 1.807) is 0 Å². The number of aromatic nitrogens is 1. The lowest BCUT2D eigenvalue weighted by atomic mass is 9.98. The van der Waals surface area contributed by atoms with Crippen LogP contribution in [-0.4, -0.2) is 16.8 Å². The van der Waals surface area contributed by atoms with Crippen molar-refractivity contribution < 1.29 is 9.63 Å². The molecule has 3 rings (SSSR count). The van der Waals surface area contributed by atoms with E-state index in [0.29, 0.717) is 0 Å². The first-order valence-electron chi connectivity index (χ1n) is 6.60. The maximum Gasteiger partial charge on any atom is 0.138 e. The summed E-state index contributed by atoms with van der Waals surface area (Å²) in [6.45, 7) is 5.55. The van der Waals surface area contributed by atoms with Gasteiger partial charge in [-0.25, -0.2) is 0 Å². The molecule has 1 atom stereocenters. The van der Waals surface area contributed by atoms with Crippen LogP contribution in [0.1, 0.15) is 35.1 Å². The maximum absolute atomic E-state index is 10.1. The predicted molar refractivity (Wildman–Crippen MR) is 73.0 cm³/mol. The van der Waals surface area contributed by atoms with Crippen molar-refractivity contribution in [1.82, 2.24) is 5.16 Å². The quantitative estimate of drug-likeness (QED) is 0.899. The van der Waals surface area contributed by atoms with Gasteiger partial charge in [-0.05, 0) is 26.3 Å². The van der Waals surface area contributed by atoms with E-state index in [-0.39, 0.29) is 6.10 Å². The van der Waals surface area contributed by atoms with Gasteiger partial charge in [0.15, 0.2) is 0 Å². The molecule has 2 aromatic rings. The van der Waals surface area contributed by atoms with Crippen LogP contribution < -0.4 is 4.90 Å². The molecule has 4 heteroatoms. The Labute approximate surface area is 112 Å². The summed E-state index contributed by atoms with van der Waals surface area (Å²) in [6, 6.07) is 8.05. The number of rotatable bonds is 2. The minimum Gasteiger partial charge on any atom is -0.388 e. The van der Waals surface area contributed by atoms with Crippen LogP contribution in [0.3, 0.4) is 0 Å². The van der Waals surface area contributed by atoms with E-state index in [4.69, 9.17) is 4.52 Å². The smallest absolute Gasteiger partial charge is 0.138 e. The Bertz CT molecular complexity index is 572. The van der Waals surface area contributed by atoms with Gasteiger partial charge in [0.2, 0.25) is 0 Å². The summed E-state index contributed by atoms with van der Waals surface area (Å²) in [5.74, 6) is 0.876. The number of aliphatic hydroxyl groups excluding tert-OH is 1. The van der Waals surface area contributed by atoms with Crippen LogP contribution >= 0.6 is 0 Å². The van der Waals surface area contributed by atoms with E-state index in [9.17, 15) is 5.11 Å². The van der Waals surface area contributed by atoms with Gasteiger partial charge in [0, 0.05) is 29.9 Å². The topological polar surface area (TPSA) is 49.5 Å². The second-order valence-corrected chi connectivity index (χ2v) is 5.09. The lowest BCUT2D eigenvalue weighted by Crippen LogP contribution is -2.31. The van der Waals surface area contributed by atoms with Crippen molar-refractivity contribution in [2.75, 3.05) is 11.4 Å². The Morgan fingerprint density at radius 2 is 2.16 bits per heavy atom.